The summed E-state index contributed by atoms with van der Waals surface area (Å²) in [5.41, 5.74) is 0.0730. The van der Waals surface area contributed by atoms with Gasteiger partial charge in [0.2, 0.25) is 0 Å². The Balaban J connectivity index is 2.52. The molecule has 0 aromatic heterocycles. The van der Waals surface area contributed by atoms with E-state index in [4.69, 9.17) is 4.74 Å². The van der Waals surface area contributed by atoms with Gasteiger partial charge in [-0.3, -0.25) is 0 Å². The van der Waals surface area contributed by atoms with Crippen molar-refractivity contribution in [1.82, 2.24) is 5.32 Å². The maximum atomic E-state index is 12.1. The number of ether oxygens (including phenoxy) is 1. The molecule has 16 heavy (non-hydrogen) atoms. The van der Waals surface area contributed by atoms with Crippen LogP contribution in [0.2, 0.25) is 0 Å². The number of likely N-dealkylation sites (N-methyl/N-ethyl adjacent to an activating group) is 1. The minimum atomic E-state index is -4.24. The van der Waals surface area contributed by atoms with Crippen LogP contribution in [-0.2, 0) is 4.74 Å². The monoisotopic (exact) mass is 239 g/mol. The van der Waals surface area contributed by atoms with Gasteiger partial charge < -0.3 is 10.1 Å². The third-order valence-corrected chi connectivity index (χ3v) is 3.17. The smallest absolute Gasteiger partial charge is 0.367 e. The molecular formula is C11H20F3NO. The summed E-state index contributed by atoms with van der Waals surface area (Å²) in [5.74, 6) is 0. The van der Waals surface area contributed by atoms with Gasteiger partial charge in [-0.1, -0.05) is 13.8 Å². The second-order valence-electron chi connectivity index (χ2n) is 5.27. The minimum absolute atomic E-state index is 0.0374. The van der Waals surface area contributed by atoms with Gasteiger partial charge in [-0.15, -0.1) is 0 Å². The lowest BCUT2D eigenvalue weighted by molar-refractivity contribution is -0.194. The van der Waals surface area contributed by atoms with E-state index in [9.17, 15) is 13.2 Å². The molecule has 0 spiro atoms. The molecule has 0 aromatic carbocycles. The van der Waals surface area contributed by atoms with Gasteiger partial charge in [0.15, 0.2) is 0 Å². The van der Waals surface area contributed by atoms with Gasteiger partial charge >= 0.3 is 6.18 Å². The fourth-order valence-electron chi connectivity index (χ4n) is 2.23. The highest BCUT2D eigenvalue weighted by Gasteiger charge is 2.37. The SMILES string of the molecule is CNC1CCC(C)(C)CC1OCC(F)(F)F. The van der Waals surface area contributed by atoms with Gasteiger partial charge in [0.05, 0.1) is 6.10 Å². The maximum absolute atomic E-state index is 12.1. The molecule has 96 valence electrons. The van der Waals surface area contributed by atoms with Crippen LogP contribution in [0.25, 0.3) is 0 Å². The number of halogens is 3. The van der Waals surface area contributed by atoms with Crippen LogP contribution in [0.15, 0.2) is 0 Å². The number of alkyl halides is 3. The Morgan fingerprint density at radius 2 is 2.00 bits per heavy atom. The third-order valence-electron chi connectivity index (χ3n) is 3.17. The summed E-state index contributed by atoms with van der Waals surface area (Å²) in [6, 6.07) is 0.0374. The molecule has 0 heterocycles. The van der Waals surface area contributed by atoms with E-state index in [0.717, 1.165) is 12.8 Å². The van der Waals surface area contributed by atoms with Crippen molar-refractivity contribution in [3.05, 3.63) is 0 Å². The zero-order valence-corrected chi connectivity index (χ0v) is 10.0. The molecule has 1 rings (SSSR count). The summed E-state index contributed by atoms with van der Waals surface area (Å²) in [6.07, 6.45) is -2.01. The van der Waals surface area contributed by atoms with E-state index in [-0.39, 0.29) is 17.6 Å². The van der Waals surface area contributed by atoms with Gasteiger partial charge in [0.1, 0.15) is 6.61 Å². The first-order valence-corrected chi connectivity index (χ1v) is 5.59. The van der Waals surface area contributed by atoms with Crippen molar-refractivity contribution >= 4 is 0 Å². The molecule has 0 bridgehead atoms. The molecule has 0 amide bonds. The van der Waals surface area contributed by atoms with Crippen LogP contribution in [0.5, 0.6) is 0 Å². The lowest BCUT2D eigenvalue weighted by atomic mass is 9.74. The van der Waals surface area contributed by atoms with Crippen molar-refractivity contribution in [2.75, 3.05) is 13.7 Å². The molecule has 0 saturated heterocycles. The van der Waals surface area contributed by atoms with Crippen molar-refractivity contribution in [3.63, 3.8) is 0 Å². The quantitative estimate of drug-likeness (QED) is 0.817. The molecule has 2 nitrogen and oxygen atoms in total. The molecule has 0 aliphatic heterocycles. The van der Waals surface area contributed by atoms with Crippen LogP contribution < -0.4 is 5.32 Å². The van der Waals surface area contributed by atoms with Crippen molar-refractivity contribution in [1.29, 1.82) is 0 Å². The summed E-state index contributed by atoms with van der Waals surface area (Å²) >= 11 is 0. The van der Waals surface area contributed by atoms with Crippen LogP contribution in [0, 0.1) is 5.41 Å². The Bertz CT molecular complexity index is 228. The molecule has 1 aliphatic rings. The maximum Gasteiger partial charge on any atom is 0.411 e. The van der Waals surface area contributed by atoms with Gasteiger partial charge in [0.25, 0.3) is 0 Å². The summed E-state index contributed by atoms with van der Waals surface area (Å²) in [5, 5.41) is 3.04. The van der Waals surface area contributed by atoms with Gasteiger partial charge in [-0.25, -0.2) is 0 Å². The van der Waals surface area contributed by atoms with E-state index in [2.05, 4.69) is 19.2 Å². The molecule has 1 N–H and O–H groups in total. The van der Waals surface area contributed by atoms with E-state index in [1.165, 1.54) is 0 Å². The van der Waals surface area contributed by atoms with Crippen molar-refractivity contribution in [2.45, 2.75) is 51.4 Å². The average molecular weight is 239 g/mol. The standard InChI is InChI=1S/C11H20F3NO/c1-10(2)5-4-8(15-3)9(6-10)16-7-11(12,13)14/h8-9,15H,4-7H2,1-3H3. The van der Waals surface area contributed by atoms with Crippen LogP contribution >= 0.6 is 0 Å². The van der Waals surface area contributed by atoms with E-state index in [0.29, 0.717) is 6.42 Å². The second-order valence-corrected chi connectivity index (χ2v) is 5.27. The molecule has 1 fully saturated rings. The lowest BCUT2D eigenvalue weighted by Crippen LogP contribution is -2.47. The highest BCUT2D eigenvalue weighted by molar-refractivity contribution is 4.89. The minimum Gasteiger partial charge on any atom is -0.367 e. The lowest BCUT2D eigenvalue weighted by Gasteiger charge is -2.40. The van der Waals surface area contributed by atoms with Crippen LogP contribution in [0.1, 0.15) is 33.1 Å². The van der Waals surface area contributed by atoms with Crippen molar-refractivity contribution in [2.24, 2.45) is 5.41 Å². The van der Waals surface area contributed by atoms with Crippen LogP contribution in [0.3, 0.4) is 0 Å². The van der Waals surface area contributed by atoms with Gasteiger partial charge in [0, 0.05) is 6.04 Å². The number of hydrogen-bond donors (Lipinski definition) is 1. The Morgan fingerprint density at radius 1 is 1.38 bits per heavy atom. The number of nitrogens with one attached hydrogen (secondary N) is 1. The van der Waals surface area contributed by atoms with Crippen molar-refractivity contribution < 1.29 is 17.9 Å². The fourth-order valence-corrected chi connectivity index (χ4v) is 2.23. The van der Waals surface area contributed by atoms with E-state index in [1.54, 1.807) is 7.05 Å². The molecule has 5 heteroatoms. The Morgan fingerprint density at radius 3 is 2.50 bits per heavy atom. The van der Waals surface area contributed by atoms with Gasteiger partial charge in [-0.2, -0.15) is 13.2 Å². The average Bonchev–Trinajstić information content (AvgIpc) is 2.12. The van der Waals surface area contributed by atoms with E-state index in [1.807, 2.05) is 0 Å². The van der Waals surface area contributed by atoms with Crippen LogP contribution in [-0.4, -0.2) is 32.0 Å². The highest BCUT2D eigenvalue weighted by Crippen LogP contribution is 2.37. The normalized spacial score (nSPS) is 30.4. The first-order chi connectivity index (χ1) is 7.23. The molecular weight excluding hydrogens is 219 g/mol. The molecule has 2 atom stereocenters. The first-order valence-electron chi connectivity index (χ1n) is 5.59. The van der Waals surface area contributed by atoms with E-state index < -0.39 is 12.8 Å². The fraction of sp³-hybridized carbons (Fsp3) is 1.00. The van der Waals surface area contributed by atoms with Gasteiger partial charge in [-0.05, 0) is 31.7 Å². The molecule has 1 saturated carbocycles. The topological polar surface area (TPSA) is 21.3 Å². The third kappa shape index (κ3) is 4.29. The predicted molar refractivity (Wildman–Crippen MR) is 56.3 cm³/mol. The first kappa shape index (κ1) is 13.8. The summed E-state index contributed by atoms with van der Waals surface area (Å²) in [7, 11) is 1.77. The largest absolute Gasteiger partial charge is 0.411 e. The molecule has 0 radical (unpaired) electrons. The number of rotatable bonds is 3. The van der Waals surface area contributed by atoms with Crippen molar-refractivity contribution in [3.8, 4) is 0 Å². The summed E-state index contributed by atoms with van der Waals surface area (Å²) in [6.45, 7) is 3.00. The molecule has 2 unspecified atom stereocenters. The predicted octanol–water partition coefficient (Wildman–Crippen LogP) is 2.73. The second kappa shape index (κ2) is 4.92. The van der Waals surface area contributed by atoms with E-state index >= 15 is 0 Å². The molecule has 1 aliphatic carbocycles. The Labute approximate surface area is 94.5 Å². The Hall–Kier alpha value is -0.290. The highest BCUT2D eigenvalue weighted by atomic mass is 19.4. The summed E-state index contributed by atoms with van der Waals surface area (Å²) < 4.78 is 41.3. The summed E-state index contributed by atoms with van der Waals surface area (Å²) in [4.78, 5) is 0. The van der Waals surface area contributed by atoms with Crippen LogP contribution in [0.4, 0.5) is 13.2 Å². The Kier molecular flexibility index (Phi) is 4.23. The number of hydrogen-bond acceptors (Lipinski definition) is 2. The molecule has 0 aromatic rings. The zero-order chi connectivity index (χ0) is 12.4. The zero-order valence-electron chi connectivity index (χ0n) is 10.0.